The molecule has 1 unspecified atom stereocenters. The van der Waals surface area contributed by atoms with Gasteiger partial charge in [-0.25, -0.2) is 0 Å². The lowest BCUT2D eigenvalue weighted by Crippen LogP contribution is -2.53. The molecule has 1 aromatic heterocycles. The molecule has 5 nitrogen and oxygen atoms in total. The highest BCUT2D eigenvalue weighted by atomic mass is 16.5. The number of nitrogens with zero attached hydrogens (tertiary/aromatic N) is 1. The Bertz CT molecular complexity index is 1270. The fourth-order valence-electron chi connectivity index (χ4n) is 5.42. The summed E-state index contributed by atoms with van der Waals surface area (Å²) >= 11 is 0. The van der Waals surface area contributed by atoms with Gasteiger partial charge in [0.2, 0.25) is 0 Å². The van der Waals surface area contributed by atoms with Gasteiger partial charge in [0.05, 0.1) is 24.0 Å². The molecule has 1 heterocycles. The number of rotatable bonds is 8. The Kier molecular flexibility index (Phi) is 7.15. The van der Waals surface area contributed by atoms with E-state index in [0.29, 0.717) is 12.1 Å². The minimum absolute atomic E-state index is 0.0626. The van der Waals surface area contributed by atoms with Gasteiger partial charge in [0, 0.05) is 6.20 Å². The zero-order chi connectivity index (χ0) is 25.7. The smallest absolute Gasteiger partial charge is 0.322 e. The number of allylic oxidation sites excluding steroid dienone is 1. The van der Waals surface area contributed by atoms with Gasteiger partial charge in [-0.05, 0) is 47.1 Å². The third kappa shape index (κ3) is 4.78. The molecule has 5 rings (SSSR count). The Balaban J connectivity index is 1.64. The molecule has 0 saturated heterocycles. The van der Waals surface area contributed by atoms with Crippen molar-refractivity contribution in [2.75, 3.05) is 7.11 Å². The zero-order valence-corrected chi connectivity index (χ0v) is 20.9. The molecule has 3 aromatic carbocycles. The molecule has 186 valence electrons. The average molecular weight is 490 g/mol. The van der Waals surface area contributed by atoms with E-state index >= 15 is 0 Å². The molecule has 0 spiro atoms. The Morgan fingerprint density at radius 2 is 1.46 bits per heavy atom. The fourth-order valence-corrected chi connectivity index (χ4v) is 5.42. The van der Waals surface area contributed by atoms with Crippen molar-refractivity contribution in [3.05, 3.63) is 143 Å². The number of esters is 1. The largest absolute Gasteiger partial charge is 0.468 e. The molecule has 0 saturated carbocycles. The van der Waals surface area contributed by atoms with Gasteiger partial charge in [0.1, 0.15) is 6.04 Å². The number of pyridine rings is 1. The number of hydrogen-bond acceptors (Lipinski definition) is 5. The fraction of sp³-hybridized carbons (Fsp3) is 0.188. The Morgan fingerprint density at radius 3 is 1.97 bits per heavy atom. The van der Waals surface area contributed by atoms with Crippen LogP contribution in [-0.2, 0) is 15.1 Å². The average Bonchev–Trinajstić information content (AvgIpc) is 2.97. The van der Waals surface area contributed by atoms with Crippen LogP contribution in [0, 0.1) is 0 Å². The molecule has 4 aromatic rings. The van der Waals surface area contributed by atoms with Gasteiger partial charge in [-0.3, -0.25) is 15.1 Å². The number of fused-ring (bicyclic) bond motifs is 1. The van der Waals surface area contributed by atoms with Crippen molar-refractivity contribution >= 4 is 11.7 Å². The van der Waals surface area contributed by atoms with E-state index in [9.17, 15) is 4.79 Å². The molecule has 0 amide bonds. The topological polar surface area (TPSA) is 77.2 Å². The molecular formula is C32H31N3O2. The molecule has 0 aliphatic heterocycles. The summed E-state index contributed by atoms with van der Waals surface area (Å²) in [6, 6.07) is 34.2. The number of nitrogens with two attached hydrogens (primary N) is 1. The first-order valence-corrected chi connectivity index (χ1v) is 12.6. The van der Waals surface area contributed by atoms with Gasteiger partial charge in [0.25, 0.3) is 0 Å². The molecule has 2 atom stereocenters. The number of aromatic nitrogens is 1. The summed E-state index contributed by atoms with van der Waals surface area (Å²) in [6.45, 7) is 0. The minimum Gasteiger partial charge on any atom is -0.468 e. The Hall–Kier alpha value is -4.22. The van der Waals surface area contributed by atoms with Crippen LogP contribution in [-0.4, -0.2) is 24.1 Å². The monoisotopic (exact) mass is 489 g/mol. The van der Waals surface area contributed by atoms with Crippen LogP contribution in [0.15, 0.2) is 115 Å². The molecule has 1 aliphatic carbocycles. The van der Waals surface area contributed by atoms with Crippen molar-refractivity contribution in [1.82, 2.24) is 10.3 Å². The maximum Gasteiger partial charge on any atom is 0.322 e. The first-order chi connectivity index (χ1) is 18.1. The lowest BCUT2D eigenvalue weighted by Gasteiger charge is -2.40. The standard InChI is InChI=1S/C32H31N3O2/c1-37-31(36)29(22-23-19-20-28(33)30-27(23)18-11-21-34-30)35-32(24-12-5-2-6-13-24,25-14-7-3-8-15-25)26-16-9-4-10-17-26/h2-18,20-21,23,29,35H,19,22,33H2,1H3/t23?,29-/m0/s1. The normalized spacial score (nSPS) is 15.8. The minimum atomic E-state index is -0.788. The van der Waals surface area contributed by atoms with Crippen molar-refractivity contribution in [3.8, 4) is 0 Å². The highest BCUT2D eigenvalue weighted by Crippen LogP contribution is 2.40. The Labute approximate surface area is 218 Å². The number of benzene rings is 3. The third-order valence-corrected chi connectivity index (χ3v) is 7.19. The summed E-state index contributed by atoms with van der Waals surface area (Å²) in [7, 11) is 1.44. The first-order valence-electron chi connectivity index (χ1n) is 12.6. The van der Waals surface area contributed by atoms with Crippen molar-refractivity contribution in [3.63, 3.8) is 0 Å². The maximum absolute atomic E-state index is 13.4. The van der Waals surface area contributed by atoms with E-state index < -0.39 is 11.6 Å². The van der Waals surface area contributed by atoms with E-state index in [1.807, 2.05) is 66.7 Å². The molecule has 0 radical (unpaired) electrons. The third-order valence-electron chi connectivity index (χ3n) is 7.19. The summed E-state index contributed by atoms with van der Waals surface area (Å²) in [6.07, 6.45) is 5.02. The zero-order valence-electron chi connectivity index (χ0n) is 20.9. The molecule has 3 N–H and O–H groups in total. The molecule has 1 aliphatic rings. The van der Waals surface area contributed by atoms with Crippen molar-refractivity contribution in [1.29, 1.82) is 0 Å². The van der Waals surface area contributed by atoms with Crippen LogP contribution >= 0.6 is 0 Å². The summed E-state index contributed by atoms with van der Waals surface area (Å²) < 4.78 is 5.36. The Morgan fingerprint density at radius 1 is 0.919 bits per heavy atom. The lowest BCUT2D eigenvalue weighted by molar-refractivity contribution is -0.143. The quantitative estimate of drug-likeness (QED) is 0.257. The van der Waals surface area contributed by atoms with Crippen LogP contribution in [0.5, 0.6) is 0 Å². The number of carbonyl (C=O) groups is 1. The van der Waals surface area contributed by atoms with Gasteiger partial charge in [0.15, 0.2) is 0 Å². The van der Waals surface area contributed by atoms with Crippen LogP contribution in [0.4, 0.5) is 0 Å². The number of nitrogens with one attached hydrogen (secondary N) is 1. The predicted octanol–water partition coefficient (Wildman–Crippen LogP) is 5.38. The SMILES string of the molecule is COC(=O)[C@H](CC1CC=C(N)c2ncccc21)NC(c1ccccc1)(c1ccccc1)c1ccccc1. The summed E-state index contributed by atoms with van der Waals surface area (Å²) in [5.41, 5.74) is 11.1. The molecule has 0 bridgehead atoms. The lowest BCUT2D eigenvalue weighted by atomic mass is 9.75. The van der Waals surface area contributed by atoms with Gasteiger partial charge >= 0.3 is 5.97 Å². The van der Waals surface area contributed by atoms with Gasteiger partial charge in [-0.15, -0.1) is 0 Å². The van der Waals surface area contributed by atoms with Crippen LogP contribution in [0.1, 0.15) is 46.7 Å². The van der Waals surface area contributed by atoms with Crippen molar-refractivity contribution in [2.24, 2.45) is 5.73 Å². The number of carbonyl (C=O) groups excluding carboxylic acids is 1. The van der Waals surface area contributed by atoms with E-state index in [-0.39, 0.29) is 11.9 Å². The van der Waals surface area contributed by atoms with Gasteiger partial charge in [-0.1, -0.05) is 103 Å². The summed E-state index contributed by atoms with van der Waals surface area (Å²) in [5, 5.41) is 3.81. The van der Waals surface area contributed by atoms with Crippen LogP contribution in [0.25, 0.3) is 5.70 Å². The second-order valence-corrected chi connectivity index (χ2v) is 9.34. The van der Waals surface area contributed by atoms with Crippen LogP contribution in [0.2, 0.25) is 0 Å². The van der Waals surface area contributed by atoms with Gasteiger partial charge in [-0.2, -0.15) is 0 Å². The first kappa shape index (κ1) is 24.5. The number of ether oxygens (including phenoxy) is 1. The van der Waals surface area contributed by atoms with E-state index in [0.717, 1.165) is 34.4 Å². The van der Waals surface area contributed by atoms with Crippen LogP contribution in [0.3, 0.4) is 0 Å². The molecular weight excluding hydrogens is 458 g/mol. The van der Waals surface area contributed by atoms with Crippen molar-refractivity contribution < 1.29 is 9.53 Å². The van der Waals surface area contributed by atoms with Crippen LogP contribution < -0.4 is 11.1 Å². The predicted molar refractivity (Wildman–Crippen MR) is 147 cm³/mol. The number of hydrogen-bond donors (Lipinski definition) is 2. The summed E-state index contributed by atoms with van der Waals surface area (Å²) in [4.78, 5) is 17.9. The highest BCUT2D eigenvalue weighted by Gasteiger charge is 2.41. The van der Waals surface area contributed by atoms with E-state index in [4.69, 9.17) is 10.5 Å². The molecule has 0 fully saturated rings. The molecule has 5 heteroatoms. The van der Waals surface area contributed by atoms with E-state index in [1.165, 1.54) is 7.11 Å². The number of methoxy groups -OCH3 is 1. The summed E-state index contributed by atoms with van der Waals surface area (Å²) in [5.74, 6) is -0.243. The molecule has 37 heavy (non-hydrogen) atoms. The van der Waals surface area contributed by atoms with E-state index in [1.54, 1.807) is 6.20 Å². The highest BCUT2D eigenvalue weighted by molar-refractivity contribution is 5.77. The van der Waals surface area contributed by atoms with Gasteiger partial charge < -0.3 is 10.5 Å². The maximum atomic E-state index is 13.4. The van der Waals surface area contributed by atoms with Crippen molar-refractivity contribution in [2.45, 2.75) is 30.3 Å². The van der Waals surface area contributed by atoms with E-state index in [2.05, 4.69) is 52.8 Å². The second-order valence-electron chi connectivity index (χ2n) is 9.34. The second kappa shape index (κ2) is 10.8.